The van der Waals surface area contributed by atoms with Gasteiger partial charge in [-0.3, -0.25) is 0 Å². The molecule has 0 spiro atoms. The first-order valence-corrected chi connectivity index (χ1v) is 8.58. The summed E-state index contributed by atoms with van der Waals surface area (Å²) in [6.07, 6.45) is 1.17. The summed E-state index contributed by atoms with van der Waals surface area (Å²) < 4.78 is 5.25. The first-order chi connectivity index (χ1) is 11.9. The Labute approximate surface area is 147 Å². The third-order valence-electron chi connectivity index (χ3n) is 4.24. The Balaban J connectivity index is 1.94. The van der Waals surface area contributed by atoms with Gasteiger partial charge in [0.1, 0.15) is 0 Å². The number of carbonyl (C=O) groups is 1. The Morgan fingerprint density at radius 1 is 1.24 bits per heavy atom. The van der Waals surface area contributed by atoms with Crippen LogP contribution < -0.4 is 10.6 Å². The molecule has 0 radical (unpaired) electrons. The highest BCUT2D eigenvalue weighted by atomic mass is 16.5. The average Bonchev–Trinajstić information content (AvgIpc) is 3.11. The van der Waals surface area contributed by atoms with Crippen LogP contribution in [0.4, 0.5) is 10.5 Å². The zero-order chi connectivity index (χ0) is 18.4. The van der Waals surface area contributed by atoms with E-state index in [1.54, 1.807) is 12.1 Å². The molecule has 0 aliphatic carbocycles. The van der Waals surface area contributed by atoms with Crippen LogP contribution in [0.2, 0.25) is 0 Å². The Morgan fingerprint density at radius 2 is 1.88 bits per heavy atom. The number of hydrogen-bond acceptors (Lipinski definition) is 5. The summed E-state index contributed by atoms with van der Waals surface area (Å²) >= 11 is 0. The number of nitrogens with zero attached hydrogens (tertiary/aromatic N) is 2. The summed E-state index contributed by atoms with van der Waals surface area (Å²) in [5.74, 6) is 1.32. The van der Waals surface area contributed by atoms with E-state index in [0.717, 1.165) is 5.56 Å². The van der Waals surface area contributed by atoms with Crippen LogP contribution in [0, 0.1) is 0 Å². The van der Waals surface area contributed by atoms with Gasteiger partial charge in [-0.05, 0) is 37.1 Å². The highest BCUT2D eigenvalue weighted by Gasteiger charge is 2.22. The lowest BCUT2D eigenvalue weighted by atomic mass is 9.98. The van der Waals surface area contributed by atoms with Crippen molar-refractivity contribution in [2.24, 2.45) is 0 Å². The van der Waals surface area contributed by atoms with Crippen molar-refractivity contribution in [1.29, 1.82) is 0 Å². The van der Waals surface area contributed by atoms with Crippen LogP contribution in [0.1, 0.15) is 52.3 Å². The summed E-state index contributed by atoms with van der Waals surface area (Å²) in [4.78, 5) is 16.3. The molecule has 0 fully saturated rings. The topological polar surface area (TPSA) is 100 Å². The van der Waals surface area contributed by atoms with Gasteiger partial charge in [0.05, 0.1) is 5.60 Å². The second kappa shape index (κ2) is 8.11. The van der Waals surface area contributed by atoms with E-state index in [-0.39, 0.29) is 18.5 Å². The Bertz CT molecular complexity index is 691. The third-order valence-corrected chi connectivity index (χ3v) is 4.24. The number of aliphatic hydroxyl groups is 1. The van der Waals surface area contributed by atoms with Gasteiger partial charge in [0.15, 0.2) is 5.82 Å². The number of benzene rings is 1. The summed E-state index contributed by atoms with van der Waals surface area (Å²) in [7, 11) is 0. The van der Waals surface area contributed by atoms with Crippen molar-refractivity contribution in [3.8, 4) is 11.5 Å². The van der Waals surface area contributed by atoms with Gasteiger partial charge in [0, 0.05) is 23.7 Å². The predicted octanol–water partition coefficient (Wildman–Crippen LogP) is 3.53. The monoisotopic (exact) mass is 346 g/mol. The largest absolute Gasteiger partial charge is 0.388 e. The second-order valence-electron chi connectivity index (χ2n) is 6.43. The molecule has 3 N–H and O–H groups in total. The fourth-order valence-electron chi connectivity index (χ4n) is 2.20. The summed E-state index contributed by atoms with van der Waals surface area (Å²) in [6, 6.07) is 6.79. The molecule has 0 unspecified atom stereocenters. The number of nitrogens with one attached hydrogen (secondary N) is 2. The van der Waals surface area contributed by atoms with Crippen molar-refractivity contribution >= 4 is 11.7 Å². The zero-order valence-electron chi connectivity index (χ0n) is 15.2. The third kappa shape index (κ3) is 5.03. The van der Waals surface area contributed by atoms with Crippen LogP contribution in [0.5, 0.6) is 0 Å². The highest BCUT2D eigenvalue weighted by Crippen LogP contribution is 2.21. The number of amides is 2. The van der Waals surface area contributed by atoms with Crippen molar-refractivity contribution < 1.29 is 14.4 Å². The molecule has 1 heterocycles. The smallest absolute Gasteiger partial charge is 0.319 e. The molecule has 7 nitrogen and oxygen atoms in total. The van der Waals surface area contributed by atoms with Gasteiger partial charge in [-0.1, -0.05) is 32.9 Å². The van der Waals surface area contributed by atoms with E-state index in [1.165, 1.54) is 0 Å². The van der Waals surface area contributed by atoms with E-state index >= 15 is 0 Å². The molecule has 2 amide bonds. The first kappa shape index (κ1) is 18.9. The van der Waals surface area contributed by atoms with E-state index in [1.807, 2.05) is 39.8 Å². The molecule has 0 aliphatic heterocycles. The van der Waals surface area contributed by atoms with Gasteiger partial charge in [0.2, 0.25) is 0 Å². The molecule has 1 aromatic carbocycles. The molecule has 1 aromatic heterocycles. The molecular formula is C18H26N4O3. The fourth-order valence-corrected chi connectivity index (χ4v) is 2.20. The fraction of sp³-hybridized carbons (Fsp3) is 0.500. The number of aromatic nitrogens is 2. The van der Waals surface area contributed by atoms with Crippen molar-refractivity contribution in [2.75, 3.05) is 11.9 Å². The van der Waals surface area contributed by atoms with E-state index in [0.29, 0.717) is 30.2 Å². The average molecular weight is 346 g/mol. The van der Waals surface area contributed by atoms with E-state index in [2.05, 4.69) is 20.8 Å². The van der Waals surface area contributed by atoms with Crippen LogP contribution in [0.25, 0.3) is 11.5 Å². The quantitative estimate of drug-likeness (QED) is 0.712. The molecule has 2 aromatic rings. The van der Waals surface area contributed by atoms with Crippen molar-refractivity contribution in [3.05, 3.63) is 30.1 Å². The lowest BCUT2D eigenvalue weighted by Crippen LogP contribution is -2.43. The number of hydrogen-bond donors (Lipinski definition) is 3. The van der Waals surface area contributed by atoms with E-state index in [4.69, 9.17) is 4.52 Å². The maximum Gasteiger partial charge on any atom is 0.319 e. The van der Waals surface area contributed by atoms with Crippen molar-refractivity contribution in [2.45, 2.75) is 52.1 Å². The van der Waals surface area contributed by atoms with Crippen LogP contribution in [-0.2, 0) is 0 Å². The van der Waals surface area contributed by atoms with Gasteiger partial charge in [-0.25, -0.2) is 4.79 Å². The molecule has 0 aliphatic rings. The maximum absolute atomic E-state index is 11.9. The van der Waals surface area contributed by atoms with Crippen LogP contribution in [0.3, 0.4) is 0 Å². The highest BCUT2D eigenvalue weighted by molar-refractivity contribution is 5.89. The van der Waals surface area contributed by atoms with Gasteiger partial charge in [-0.2, -0.15) is 4.98 Å². The molecule has 0 atom stereocenters. The summed E-state index contributed by atoms with van der Waals surface area (Å²) in [5, 5.41) is 19.5. The lowest BCUT2D eigenvalue weighted by molar-refractivity contribution is 0.0354. The molecule has 25 heavy (non-hydrogen) atoms. The molecule has 136 valence electrons. The Morgan fingerprint density at radius 3 is 2.40 bits per heavy atom. The summed E-state index contributed by atoms with van der Waals surface area (Å²) in [5.41, 5.74) is 0.561. The summed E-state index contributed by atoms with van der Waals surface area (Å²) in [6.45, 7) is 7.99. The molecule has 7 heteroatoms. The van der Waals surface area contributed by atoms with Crippen molar-refractivity contribution in [1.82, 2.24) is 15.5 Å². The second-order valence-corrected chi connectivity index (χ2v) is 6.43. The first-order valence-electron chi connectivity index (χ1n) is 8.58. The van der Waals surface area contributed by atoms with E-state index < -0.39 is 5.60 Å². The minimum Gasteiger partial charge on any atom is -0.388 e. The SMILES string of the molecule is CCC(O)(CC)CNC(=O)Nc1ccc(-c2nc(C(C)C)no2)cc1. The molecule has 0 saturated carbocycles. The molecule has 0 bridgehead atoms. The number of carbonyl (C=O) groups excluding carboxylic acids is 1. The molecule has 0 saturated heterocycles. The standard InChI is InChI=1S/C18H26N4O3/c1-5-18(24,6-2)11-19-17(23)20-14-9-7-13(8-10-14)16-21-15(12(3)4)22-25-16/h7-10,12,24H,5-6,11H2,1-4H3,(H2,19,20,23). The number of anilines is 1. The maximum atomic E-state index is 11.9. The number of rotatable bonds is 7. The minimum absolute atomic E-state index is 0.201. The van der Waals surface area contributed by atoms with E-state index in [9.17, 15) is 9.90 Å². The zero-order valence-corrected chi connectivity index (χ0v) is 15.2. The van der Waals surface area contributed by atoms with Crippen LogP contribution in [0.15, 0.2) is 28.8 Å². The van der Waals surface area contributed by atoms with Gasteiger partial charge < -0.3 is 20.3 Å². The van der Waals surface area contributed by atoms with Gasteiger partial charge in [0.25, 0.3) is 5.89 Å². The lowest BCUT2D eigenvalue weighted by Gasteiger charge is -2.25. The minimum atomic E-state index is -0.868. The number of urea groups is 1. The Kier molecular flexibility index (Phi) is 6.14. The van der Waals surface area contributed by atoms with Crippen molar-refractivity contribution in [3.63, 3.8) is 0 Å². The van der Waals surface area contributed by atoms with Gasteiger partial charge in [-0.15, -0.1) is 0 Å². The predicted molar refractivity (Wildman–Crippen MR) is 96.4 cm³/mol. The van der Waals surface area contributed by atoms with Gasteiger partial charge >= 0.3 is 6.03 Å². The van der Waals surface area contributed by atoms with Crippen LogP contribution >= 0.6 is 0 Å². The molecular weight excluding hydrogens is 320 g/mol. The molecule has 2 rings (SSSR count). The normalized spacial score (nSPS) is 11.6. The Hall–Kier alpha value is -2.41. The van der Waals surface area contributed by atoms with Crippen LogP contribution in [-0.4, -0.2) is 33.4 Å².